The molecule has 0 aliphatic heterocycles. The summed E-state index contributed by atoms with van der Waals surface area (Å²) in [6.07, 6.45) is -4.29. The van der Waals surface area contributed by atoms with Gasteiger partial charge in [-0.15, -0.1) is 11.3 Å². The van der Waals surface area contributed by atoms with Gasteiger partial charge in [-0.2, -0.15) is 13.2 Å². The number of carbonyl (C=O) groups excluding carboxylic acids is 1. The number of ketones is 1. The second kappa shape index (κ2) is 4.95. The second-order valence-corrected chi connectivity index (χ2v) is 4.93. The van der Waals surface area contributed by atoms with Crippen molar-refractivity contribution in [1.82, 2.24) is 0 Å². The highest BCUT2D eigenvalue weighted by Gasteiger charge is 2.27. The van der Waals surface area contributed by atoms with Gasteiger partial charge < -0.3 is 11.1 Å². The van der Waals surface area contributed by atoms with Crippen LogP contribution in [0.25, 0.3) is 0 Å². The third-order valence-corrected chi connectivity index (χ3v) is 3.10. The van der Waals surface area contributed by atoms with Crippen molar-refractivity contribution in [3.63, 3.8) is 0 Å². The third kappa shape index (κ3) is 3.92. The summed E-state index contributed by atoms with van der Waals surface area (Å²) in [7, 11) is 0. The number of rotatable bonds is 4. The van der Waals surface area contributed by atoms with E-state index in [1.165, 1.54) is 6.07 Å². The minimum atomic E-state index is -4.29. The fourth-order valence-electron chi connectivity index (χ4n) is 1.13. The van der Waals surface area contributed by atoms with Crippen LogP contribution in [0.3, 0.4) is 0 Å². The number of nitrogen functional groups attached to an aromatic ring is 1. The van der Waals surface area contributed by atoms with Gasteiger partial charge >= 0.3 is 6.18 Å². The number of halogens is 3. The van der Waals surface area contributed by atoms with E-state index in [-0.39, 0.29) is 22.4 Å². The molecular formula is C10H13F3N2OS. The van der Waals surface area contributed by atoms with E-state index in [9.17, 15) is 18.0 Å². The molecule has 96 valence electrons. The molecule has 0 aliphatic rings. The molecule has 0 fully saturated rings. The molecule has 1 aromatic heterocycles. The minimum absolute atomic E-state index is 0.160. The Hall–Kier alpha value is -1.24. The third-order valence-electron chi connectivity index (χ3n) is 1.97. The van der Waals surface area contributed by atoms with Gasteiger partial charge in [0, 0.05) is 5.92 Å². The number of thiophene rings is 1. The summed E-state index contributed by atoms with van der Waals surface area (Å²) in [5.74, 6) is -0.390. The van der Waals surface area contributed by atoms with Gasteiger partial charge in [-0.05, 0) is 6.07 Å². The number of nitrogens with one attached hydrogen (secondary N) is 1. The molecule has 0 aliphatic carbocycles. The van der Waals surface area contributed by atoms with E-state index in [4.69, 9.17) is 5.73 Å². The first-order valence-corrected chi connectivity index (χ1v) is 5.76. The van der Waals surface area contributed by atoms with Crippen LogP contribution >= 0.6 is 11.3 Å². The average Bonchev–Trinajstić information content (AvgIpc) is 2.54. The molecule has 0 atom stereocenters. The Morgan fingerprint density at radius 1 is 1.53 bits per heavy atom. The van der Waals surface area contributed by atoms with Crippen LogP contribution in [0.2, 0.25) is 0 Å². The van der Waals surface area contributed by atoms with Crippen molar-refractivity contribution < 1.29 is 18.0 Å². The van der Waals surface area contributed by atoms with Gasteiger partial charge in [0.1, 0.15) is 6.54 Å². The Bertz CT molecular complexity index is 412. The normalized spacial score (nSPS) is 11.9. The number of alkyl halides is 3. The van der Waals surface area contributed by atoms with Crippen LogP contribution < -0.4 is 11.1 Å². The monoisotopic (exact) mass is 266 g/mol. The van der Waals surface area contributed by atoms with Crippen LogP contribution in [-0.2, 0) is 0 Å². The number of anilines is 2. The molecule has 17 heavy (non-hydrogen) atoms. The highest BCUT2D eigenvalue weighted by Crippen LogP contribution is 2.31. The molecule has 0 amide bonds. The van der Waals surface area contributed by atoms with Crippen molar-refractivity contribution in [3.05, 3.63) is 10.9 Å². The van der Waals surface area contributed by atoms with Crippen molar-refractivity contribution in [2.24, 2.45) is 5.92 Å². The predicted molar refractivity (Wildman–Crippen MR) is 62.4 cm³/mol. The number of hydrogen-bond donors (Lipinski definition) is 2. The Kier molecular flexibility index (Phi) is 4.03. The minimum Gasteiger partial charge on any atom is -0.397 e. The van der Waals surface area contributed by atoms with Crippen molar-refractivity contribution in [2.45, 2.75) is 20.0 Å². The maximum Gasteiger partial charge on any atom is 0.405 e. The van der Waals surface area contributed by atoms with E-state index >= 15 is 0 Å². The average molecular weight is 266 g/mol. The Balaban J connectivity index is 2.79. The van der Waals surface area contributed by atoms with Gasteiger partial charge in [-0.1, -0.05) is 13.8 Å². The molecule has 0 spiro atoms. The summed E-state index contributed by atoms with van der Waals surface area (Å²) in [5, 5.41) is 2.45. The topological polar surface area (TPSA) is 55.1 Å². The second-order valence-electron chi connectivity index (χ2n) is 3.88. The molecule has 0 saturated carbocycles. The van der Waals surface area contributed by atoms with Crippen LogP contribution in [0.15, 0.2) is 6.07 Å². The zero-order chi connectivity index (χ0) is 13.2. The van der Waals surface area contributed by atoms with Crippen LogP contribution in [0.1, 0.15) is 23.5 Å². The molecule has 7 heteroatoms. The number of hydrogen-bond acceptors (Lipinski definition) is 4. The van der Waals surface area contributed by atoms with E-state index in [0.717, 1.165) is 11.3 Å². The standard InChI is InChI=1S/C10H13F3N2OS/c1-5(2)8(16)9-6(14)3-7(17-9)15-4-10(11,12)13/h3,5,15H,4,14H2,1-2H3. The molecule has 0 saturated heterocycles. The van der Waals surface area contributed by atoms with Crippen LogP contribution in [0.4, 0.5) is 23.9 Å². The maximum atomic E-state index is 12.0. The van der Waals surface area contributed by atoms with Crippen LogP contribution in [0, 0.1) is 5.92 Å². The first kappa shape index (κ1) is 13.8. The van der Waals surface area contributed by atoms with Crippen molar-refractivity contribution in [3.8, 4) is 0 Å². The van der Waals surface area contributed by atoms with E-state index in [1.807, 2.05) is 0 Å². The summed E-state index contributed by atoms with van der Waals surface area (Å²) in [4.78, 5) is 12.0. The molecule has 3 N–H and O–H groups in total. The molecular weight excluding hydrogens is 253 g/mol. The smallest absolute Gasteiger partial charge is 0.397 e. The first-order valence-electron chi connectivity index (χ1n) is 4.95. The summed E-state index contributed by atoms with van der Waals surface area (Å²) < 4.78 is 35.9. The first-order chi connectivity index (χ1) is 7.70. The number of carbonyl (C=O) groups is 1. The van der Waals surface area contributed by atoms with Crippen molar-refractivity contribution in [1.29, 1.82) is 0 Å². The predicted octanol–water partition coefficient (Wildman–Crippen LogP) is 3.14. The maximum absolute atomic E-state index is 12.0. The van der Waals surface area contributed by atoms with Gasteiger partial charge in [0.2, 0.25) is 0 Å². The SMILES string of the molecule is CC(C)C(=O)c1sc(NCC(F)(F)F)cc1N. The van der Waals surface area contributed by atoms with Gasteiger partial charge in [0.15, 0.2) is 5.78 Å². The van der Waals surface area contributed by atoms with Gasteiger partial charge in [-0.25, -0.2) is 0 Å². The van der Waals surface area contributed by atoms with Gasteiger partial charge in [-0.3, -0.25) is 4.79 Å². The van der Waals surface area contributed by atoms with E-state index < -0.39 is 12.7 Å². The molecule has 0 bridgehead atoms. The number of nitrogens with two attached hydrogens (primary N) is 1. The summed E-state index contributed by atoms with van der Waals surface area (Å²) in [5.41, 5.74) is 5.81. The van der Waals surface area contributed by atoms with Crippen LogP contribution in [-0.4, -0.2) is 18.5 Å². The fourth-order valence-corrected chi connectivity index (χ4v) is 2.20. The molecule has 0 unspecified atom stereocenters. The lowest BCUT2D eigenvalue weighted by Crippen LogP contribution is -2.20. The molecule has 0 aromatic carbocycles. The molecule has 0 radical (unpaired) electrons. The van der Waals surface area contributed by atoms with E-state index in [1.54, 1.807) is 13.8 Å². The lowest BCUT2D eigenvalue weighted by molar-refractivity contribution is -0.115. The molecule has 1 heterocycles. The highest BCUT2D eigenvalue weighted by molar-refractivity contribution is 7.18. The van der Waals surface area contributed by atoms with E-state index in [0.29, 0.717) is 4.88 Å². The number of Topliss-reactive ketones (excluding diaryl/α,β-unsaturated/α-hetero) is 1. The summed E-state index contributed by atoms with van der Waals surface area (Å²) in [6, 6.07) is 1.35. The van der Waals surface area contributed by atoms with Gasteiger partial charge in [0.25, 0.3) is 0 Å². The van der Waals surface area contributed by atoms with E-state index in [2.05, 4.69) is 5.32 Å². The Morgan fingerprint density at radius 3 is 2.59 bits per heavy atom. The lowest BCUT2D eigenvalue weighted by atomic mass is 10.1. The highest BCUT2D eigenvalue weighted by atomic mass is 32.1. The summed E-state index contributed by atoms with van der Waals surface area (Å²) in [6.45, 7) is 2.29. The van der Waals surface area contributed by atoms with Gasteiger partial charge in [0.05, 0.1) is 15.6 Å². The Labute approximate surface area is 101 Å². The quantitative estimate of drug-likeness (QED) is 0.823. The lowest BCUT2D eigenvalue weighted by Gasteiger charge is -2.06. The molecule has 3 nitrogen and oxygen atoms in total. The molecule has 1 rings (SSSR count). The largest absolute Gasteiger partial charge is 0.405 e. The van der Waals surface area contributed by atoms with Crippen LogP contribution in [0.5, 0.6) is 0 Å². The zero-order valence-electron chi connectivity index (χ0n) is 9.39. The Morgan fingerprint density at radius 2 is 2.12 bits per heavy atom. The zero-order valence-corrected chi connectivity index (χ0v) is 10.2. The summed E-state index contributed by atoms with van der Waals surface area (Å²) >= 11 is 0.951. The van der Waals surface area contributed by atoms with Crippen molar-refractivity contribution in [2.75, 3.05) is 17.6 Å². The van der Waals surface area contributed by atoms with Crippen molar-refractivity contribution >= 4 is 27.8 Å². The molecule has 1 aromatic rings. The fraction of sp³-hybridized carbons (Fsp3) is 0.500.